The maximum Gasteiger partial charge on any atom is 0.276 e. The summed E-state index contributed by atoms with van der Waals surface area (Å²) in [5, 5.41) is 15.7. The van der Waals surface area contributed by atoms with E-state index in [0.717, 1.165) is 0 Å². The molecule has 0 unspecified atom stereocenters. The summed E-state index contributed by atoms with van der Waals surface area (Å²) >= 11 is 0. The standard InChI is InChI=1S/C17H15FN4O4S/c1-9(10-3-6-14(26-2)15(7-10)27(19,24)25)21-22-16-12-8-11(18)4-5-13(12)20-17(16)23/h3-8H,1-2H3,(H2,19,24,25)(H,20,22,23)/b21-9+. The van der Waals surface area contributed by atoms with Crippen LogP contribution in [0.4, 0.5) is 10.1 Å². The van der Waals surface area contributed by atoms with Crippen LogP contribution in [0.1, 0.15) is 18.1 Å². The third kappa shape index (κ3) is 3.71. The molecule has 27 heavy (non-hydrogen) atoms. The summed E-state index contributed by atoms with van der Waals surface area (Å²) in [4.78, 5) is 11.8. The maximum absolute atomic E-state index is 13.4. The van der Waals surface area contributed by atoms with Crippen LogP contribution in [0.2, 0.25) is 0 Å². The van der Waals surface area contributed by atoms with Crippen molar-refractivity contribution in [3.63, 3.8) is 0 Å². The molecule has 0 aliphatic carbocycles. The highest BCUT2D eigenvalue weighted by atomic mass is 32.2. The monoisotopic (exact) mass is 390 g/mol. The Hall–Kier alpha value is -3.11. The zero-order chi connectivity index (χ0) is 19.8. The number of rotatable bonds is 4. The number of nitrogens with two attached hydrogens (primary N) is 1. The van der Waals surface area contributed by atoms with E-state index in [-0.39, 0.29) is 16.4 Å². The molecule has 0 saturated carbocycles. The number of nitrogens with zero attached hydrogens (tertiary/aromatic N) is 2. The number of carbonyl (C=O) groups is 1. The largest absolute Gasteiger partial charge is 0.495 e. The fourth-order valence-corrected chi connectivity index (χ4v) is 3.25. The van der Waals surface area contributed by atoms with Crippen LogP contribution in [0.25, 0.3) is 0 Å². The number of halogens is 1. The van der Waals surface area contributed by atoms with Gasteiger partial charge in [0.05, 0.1) is 18.5 Å². The Morgan fingerprint density at radius 3 is 2.63 bits per heavy atom. The highest BCUT2D eigenvalue weighted by molar-refractivity contribution is 7.89. The topological polar surface area (TPSA) is 123 Å². The van der Waals surface area contributed by atoms with Gasteiger partial charge in [-0.25, -0.2) is 17.9 Å². The minimum Gasteiger partial charge on any atom is -0.495 e. The fraction of sp³-hybridized carbons (Fsp3) is 0.118. The third-order valence-corrected chi connectivity index (χ3v) is 4.82. The minimum atomic E-state index is -4.01. The number of sulfonamides is 1. The summed E-state index contributed by atoms with van der Waals surface area (Å²) in [6.45, 7) is 1.58. The molecule has 1 amide bonds. The lowest BCUT2D eigenvalue weighted by molar-refractivity contribution is -0.110. The normalized spacial score (nSPS) is 15.6. The zero-order valence-electron chi connectivity index (χ0n) is 14.4. The molecule has 8 nitrogen and oxygen atoms in total. The Balaban J connectivity index is 2.01. The van der Waals surface area contributed by atoms with Crippen LogP contribution in [0, 0.1) is 5.82 Å². The van der Waals surface area contributed by atoms with Gasteiger partial charge < -0.3 is 10.1 Å². The first kappa shape index (κ1) is 18.7. The number of hydrogen-bond donors (Lipinski definition) is 2. The van der Waals surface area contributed by atoms with Crippen molar-refractivity contribution in [2.75, 3.05) is 12.4 Å². The molecule has 3 rings (SSSR count). The molecule has 0 bridgehead atoms. The summed E-state index contributed by atoms with van der Waals surface area (Å²) in [5.74, 6) is -0.918. The number of fused-ring (bicyclic) bond motifs is 1. The highest BCUT2D eigenvalue weighted by Crippen LogP contribution is 2.25. The second-order valence-corrected chi connectivity index (χ2v) is 7.22. The SMILES string of the molecule is COc1ccc(/C(C)=N/N=C2C(=O)Nc3ccc(F)cc32)cc1S(N)(=O)=O. The first-order valence-electron chi connectivity index (χ1n) is 7.65. The molecule has 0 saturated heterocycles. The molecular formula is C17H15FN4O4S. The predicted molar refractivity (Wildman–Crippen MR) is 98.1 cm³/mol. The van der Waals surface area contributed by atoms with Crippen molar-refractivity contribution < 1.29 is 22.3 Å². The Kier molecular flexibility index (Phi) is 4.77. The van der Waals surface area contributed by atoms with Crippen LogP contribution in [-0.2, 0) is 14.8 Å². The lowest BCUT2D eigenvalue weighted by Crippen LogP contribution is -2.15. The van der Waals surface area contributed by atoms with E-state index in [2.05, 4.69) is 15.5 Å². The number of carbonyl (C=O) groups excluding carboxylic acids is 1. The van der Waals surface area contributed by atoms with Crippen molar-refractivity contribution in [3.05, 3.63) is 53.3 Å². The smallest absolute Gasteiger partial charge is 0.276 e. The van der Waals surface area contributed by atoms with E-state index in [0.29, 0.717) is 22.5 Å². The van der Waals surface area contributed by atoms with Gasteiger partial charge in [0.2, 0.25) is 10.0 Å². The van der Waals surface area contributed by atoms with Gasteiger partial charge >= 0.3 is 0 Å². The van der Waals surface area contributed by atoms with Crippen LogP contribution >= 0.6 is 0 Å². The molecule has 1 heterocycles. The quantitative estimate of drug-likeness (QED) is 0.608. The van der Waals surface area contributed by atoms with E-state index in [1.807, 2.05) is 0 Å². The van der Waals surface area contributed by atoms with E-state index in [1.165, 1.54) is 37.4 Å². The number of benzene rings is 2. The Labute approximate surface area is 154 Å². The van der Waals surface area contributed by atoms with Gasteiger partial charge in [-0.2, -0.15) is 5.10 Å². The van der Waals surface area contributed by atoms with E-state index in [1.54, 1.807) is 13.0 Å². The lowest BCUT2D eigenvalue weighted by Gasteiger charge is -2.08. The minimum absolute atomic E-state index is 0.0379. The van der Waals surface area contributed by atoms with Crippen LogP contribution < -0.4 is 15.2 Å². The molecular weight excluding hydrogens is 375 g/mol. The van der Waals surface area contributed by atoms with Crippen molar-refractivity contribution in [1.29, 1.82) is 0 Å². The van der Waals surface area contributed by atoms with Crippen LogP contribution in [0.3, 0.4) is 0 Å². The van der Waals surface area contributed by atoms with Gasteiger partial charge in [-0.3, -0.25) is 4.79 Å². The zero-order valence-corrected chi connectivity index (χ0v) is 15.2. The Morgan fingerprint density at radius 2 is 1.96 bits per heavy atom. The number of primary sulfonamides is 1. The number of hydrogen-bond acceptors (Lipinski definition) is 6. The summed E-state index contributed by atoms with van der Waals surface area (Å²) < 4.78 is 41.9. The fourth-order valence-electron chi connectivity index (χ4n) is 2.53. The van der Waals surface area contributed by atoms with Crippen molar-refractivity contribution in [3.8, 4) is 5.75 Å². The first-order chi connectivity index (χ1) is 12.7. The Bertz CT molecular complexity index is 1110. The molecule has 2 aromatic rings. The second-order valence-electron chi connectivity index (χ2n) is 5.69. The molecule has 140 valence electrons. The van der Waals surface area contributed by atoms with Crippen LogP contribution in [0.5, 0.6) is 5.75 Å². The van der Waals surface area contributed by atoms with Gasteiger partial charge in [0, 0.05) is 5.56 Å². The van der Waals surface area contributed by atoms with Crippen molar-refractivity contribution in [2.45, 2.75) is 11.8 Å². The summed E-state index contributed by atoms with van der Waals surface area (Å²) in [6, 6.07) is 8.16. The number of anilines is 1. The lowest BCUT2D eigenvalue weighted by atomic mass is 10.1. The van der Waals surface area contributed by atoms with Crippen molar-refractivity contribution >= 4 is 33.0 Å². The maximum atomic E-state index is 13.4. The number of ether oxygens (including phenoxy) is 1. The third-order valence-electron chi connectivity index (χ3n) is 3.89. The van der Waals surface area contributed by atoms with Gasteiger partial charge in [-0.1, -0.05) is 0 Å². The van der Waals surface area contributed by atoms with Gasteiger partial charge in [0.15, 0.2) is 5.71 Å². The first-order valence-corrected chi connectivity index (χ1v) is 9.20. The molecule has 0 spiro atoms. The predicted octanol–water partition coefficient (Wildman–Crippen LogP) is 1.65. The van der Waals surface area contributed by atoms with Crippen LogP contribution in [-0.4, -0.2) is 32.9 Å². The molecule has 0 radical (unpaired) electrons. The number of amides is 1. The van der Waals surface area contributed by atoms with E-state index < -0.39 is 21.7 Å². The number of nitrogens with one attached hydrogen (secondary N) is 1. The molecule has 0 atom stereocenters. The van der Waals surface area contributed by atoms with Gasteiger partial charge in [-0.05, 0) is 48.9 Å². The van der Waals surface area contributed by atoms with E-state index >= 15 is 0 Å². The van der Waals surface area contributed by atoms with Gasteiger partial charge in [0.25, 0.3) is 5.91 Å². The summed E-state index contributed by atoms with van der Waals surface area (Å²) in [5.41, 5.74) is 1.45. The van der Waals surface area contributed by atoms with Gasteiger partial charge in [0.1, 0.15) is 16.5 Å². The summed E-state index contributed by atoms with van der Waals surface area (Å²) in [6.07, 6.45) is 0. The van der Waals surface area contributed by atoms with Crippen molar-refractivity contribution in [1.82, 2.24) is 0 Å². The van der Waals surface area contributed by atoms with Crippen molar-refractivity contribution in [2.24, 2.45) is 15.3 Å². The number of methoxy groups -OCH3 is 1. The molecule has 10 heteroatoms. The average Bonchev–Trinajstić information content (AvgIpc) is 2.92. The Morgan fingerprint density at radius 1 is 1.22 bits per heavy atom. The molecule has 2 aromatic carbocycles. The molecule has 0 aromatic heterocycles. The molecule has 3 N–H and O–H groups in total. The molecule has 0 fully saturated rings. The highest BCUT2D eigenvalue weighted by Gasteiger charge is 2.26. The van der Waals surface area contributed by atoms with Crippen LogP contribution in [0.15, 0.2) is 51.5 Å². The molecule has 1 aliphatic rings. The average molecular weight is 390 g/mol. The summed E-state index contributed by atoms with van der Waals surface area (Å²) in [7, 11) is -2.68. The van der Waals surface area contributed by atoms with E-state index in [9.17, 15) is 17.6 Å². The van der Waals surface area contributed by atoms with E-state index in [4.69, 9.17) is 9.88 Å². The van der Waals surface area contributed by atoms with Gasteiger partial charge in [-0.15, -0.1) is 5.10 Å². The molecule has 1 aliphatic heterocycles. The second kappa shape index (κ2) is 6.89.